The Balaban J connectivity index is 1.89. The molecule has 0 radical (unpaired) electrons. The molecule has 9 nitrogen and oxygen atoms in total. The number of aromatic amines is 1. The Labute approximate surface area is 159 Å². The molecule has 1 heterocycles. The molecule has 0 saturated heterocycles. The van der Waals surface area contributed by atoms with Crippen LogP contribution in [0.2, 0.25) is 0 Å². The summed E-state index contributed by atoms with van der Waals surface area (Å²) in [6, 6.07) is 14.6. The summed E-state index contributed by atoms with van der Waals surface area (Å²) in [6.45, 7) is 3.30. The van der Waals surface area contributed by atoms with Crippen LogP contribution in [0.25, 0.3) is 5.69 Å². The number of aryl methyl sites for hydroxylation is 1. The van der Waals surface area contributed by atoms with Crippen LogP contribution < -0.4 is 11.0 Å². The minimum Gasteiger partial charge on any atom is -0.295 e. The van der Waals surface area contributed by atoms with E-state index >= 15 is 0 Å². The van der Waals surface area contributed by atoms with E-state index < -0.39 is 10.8 Å². The van der Waals surface area contributed by atoms with Gasteiger partial charge in [0.2, 0.25) is 0 Å². The van der Waals surface area contributed by atoms with Gasteiger partial charge in [-0.1, -0.05) is 30.3 Å². The number of rotatable bonds is 5. The Hall–Kier alpha value is -4.01. The molecular weight excluding hydrogens is 362 g/mol. The number of nitrogens with one attached hydrogen (secondary N) is 2. The lowest BCUT2D eigenvalue weighted by Gasteiger charge is -2.03. The number of H-pyrrole nitrogens is 1. The van der Waals surface area contributed by atoms with E-state index in [1.165, 1.54) is 28.9 Å². The first kappa shape index (κ1) is 18.8. The molecular formula is C19H17N5O4. The summed E-state index contributed by atoms with van der Waals surface area (Å²) in [7, 11) is 0. The lowest BCUT2D eigenvalue weighted by atomic mass is 10.1. The van der Waals surface area contributed by atoms with Crippen molar-refractivity contribution in [2.75, 3.05) is 0 Å². The van der Waals surface area contributed by atoms with E-state index in [9.17, 15) is 19.7 Å². The molecule has 2 aromatic carbocycles. The largest absolute Gasteiger partial charge is 0.295 e. The van der Waals surface area contributed by atoms with Crippen molar-refractivity contribution in [1.29, 1.82) is 0 Å². The third-order valence-corrected chi connectivity index (χ3v) is 4.12. The maximum absolute atomic E-state index is 12.7. The second-order valence-corrected chi connectivity index (χ2v) is 6.00. The molecule has 3 aromatic rings. The molecule has 142 valence electrons. The molecule has 0 spiro atoms. The highest BCUT2D eigenvalue weighted by molar-refractivity contribution is 6.02. The van der Waals surface area contributed by atoms with Crippen LogP contribution in [0.5, 0.6) is 0 Å². The van der Waals surface area contributed by atoms with Crippen LogP contribution in [0.15, 0.2) is 64.5 Å². The van der Waals surface area contributed by atoms with Gasteiger partial charge in [0, 0.05) is 11.8 Å². The molecule has 28 heavy (non-hydrogen) atoms. The van der Waals surface area contributed by atoms with Crippen LogP contribution in [-0.2, 0) is 0 Å². The predicted molar refractivity (Wildman–Crippen MR) is 104 cm³/mol. The smallest absolute Gasteiger partial charge is 0.282 e. The van der Waals surface area contributed by atoms with E-state index in [1.807, 2.05) is 18.2 Å². The van der Waals surface area contributed by atoms with Gasteiger partial charge in [0.15, 0.2) is 0 Å². The Bertz CT molecular complexity index is 1130. The lowest BCUT2D eigenvalue weighted by Crippen LogP contribution is -2.24. The maximum atomic E-state index is 12.7. The summed E-state index contributed by atoms with van der Waals surface area (Å²) >= 11 is 0. The molecule has 3 rings (SSSR count). The van der Waals surface area contributed by atoms with Gasteiger partial charge in [0.1, 0.15) is 5.56 Å². The number of hydrazone groups is 1. The van der Waals surface area contributed by atoms with Gasteiger partial charge >= 0.3 is 0 Å². The molecule has 0 aliphatic carbocycles. The summed E-state index contributed by atoms with van der Waals surface area (Å²) in [6.07, 6.45) is 0. The number of hydrogen-bond donors (Lipinski definition) is 2. The van der Waals surface area contributed by atoms with E-state index in [-0.39, 0.29) is 22.5 Å². The molecule has 2 N–H and O–H groups in total. The standard InChI is InChI=1S/C19H17N5O4/c1-12(20-21-18(25)15-10-6-7-11-16(15)24(27)28)17-13(2)22-23(19(17)26)14-8-4-3-5-9-14/h3-11,22H,1-2H3,(H,21,25)/b20-12+. The summed E-state index contributed by atoms with van der Waals surface area (Å²) in [5.74, 6) is -0.733. The lowest BCUT2D eigenvalue weighted by molar-refractivity contribution is -0.385. The number of para-hydroxylation sites is 2. The van der Waals surface area contributed by atoms with Crippen molar-refractivity contribution in [2.45, 2.75) is 13.8 Å². The minimum absolute atomic E-state index is 0.114. The Morgan fingerprint density at radius 3 is 2.46 bits per heavy atom. The number of carbonyl (C=O) groups is 1. The number of benzene rings is 2. The van der Waals surface area contributed by atoms with E-state index in [2.05, 4.69) is 15.6 Å². The first-order valence-electron chi connectivity index (χ1n) is 8.35. The van der Waals surface area contributed by atoms with Crippen LogP contribution in [0.1, 0.15) is 28.5 Å². The zero-order valence-corrected chi connectivity index (χ0v) is 15.2. The van der Waals surface area contributed by atoms with Gasteiger partial charge in [-0.3, -0.25) is 24.8 Å². The first-order valence-corrected chi connectivity index (χ1v) is 8.35. The molecule has 0 aliphatic heterocycles. The van der Waals surface area contributed by atoms with Gasteiger partial charge in [-0.25, -0.2) is 10.1 Å². The third kappa shape index (κ3) is 3.58. The second kappa shape index (κ2) is 7.70. The predicted octanol–water partition coefficient (Wildman–Crippen LogP) is 2.54. The monoisotopic (exact) mass is 379 g/mol. The summed E-state index contributed by atoms with van der Waals surface area (Å²) < 4.78 is 1.38. The van der Waals surface area contributed by atoms with Crippen molar-refractivity contribution in [2.24, 2.45) is 5.10 Å². The SMILES string of the molecule is C/C(=N\NC(=O)c1ccccc1[N+](=O)[O-])c1c(C)[nH]n(-c2ccccc2)c1=O. The normalized spacial score (nSPS) is 11.3. The number of amides is 1. The van der Waals surface area contributed by atoms with Crippen molar-refractivity contribution < 1.29 is 9.72 Å². The molecule has 0 atom stereocenters. The zero-order chi connectivity index (χ0) is 20.3. The van der Waals surface area contributed by atoms with Crippen molar-refractivity contribution in [3.63, 3.8) is 0 Å². The number of carbonyl (C=O) groups excluding carboxylic acids is 1. The Morgan fingerprint density at radius 2 is 1.79 bits per heavy atom. The van der Waals surface area contributed by atoms with Crippen molar-refractivity contribution in [3.05, 3.63) is 91.9 Å². The van der Waals surface area contributed by atoms with Crippen LogP contribution in [0, 0.1) is 17.0 Å². The molecule has 1 amide bonds. The molecule has 0 bridgehead atoms. The minimum atomic E-state index is -0.733. The topological polar surface area (TPSA) is 122 Å². The Morgan fingerprint density at radius 1 is 1.14 bits per heavy atom. The third-order valence-electron chi connectivity index (χ3n) is 4.12. The molecule has 0 fully saturated rings. The van der Waals surface area contributed by atoms with Gasteiger partial charge in [-0.15, -0.1) is 0 Å². The van der Waals surface area contributed by atoms with E-state index in [1.54, 1.807) is 26.0 Å². The highest BCUT2D eigenvalue weighted by Gasteiger charge is 2.20. The fourth-order valence-corrected chi connectivity index (χ4v) is 2.81. The average Bonchev–Trinajstić information content (AvgIpc) is 3.00. The molecule has 0 aliphatic rings. The summed E-state index contributed by atoms with van der Waals surface area (Å²) in [5.41, 5.74) is 3.36. The number of nitro groups is 1. The van der Waals surface area contributed by atoms with E-state index in [0.717, 1.165) is 0 Å². The van der Waals surface area contributed by atoms with Gasteiger partial charge in [-0.05, 0) is 32.0 Å². The zero-order valence-electron chi connectivity index (χ0n) is 15.2. The number of nitrogens with zero attached hydrogens (tertiary/aromatic N) is 3. The van der Waals surface area contributed by atoms with Gasteiger partial charge in [0.25, 0.3) is 17.2 Å². The highest BCUT2D eigenvalue weighted by Crippen LogP contribution is 2.17. The van der Waals surface area contributed by atoms with Crippen LogP contribution in [0.4, 0.5) is 5.69 Å². The van der Waals surface area contributed by atoms with Crippen molar-refractivity contribution in [1.82, 2.24) is 15.2 Å². The van der Waals surface area contributed by atoms with Crippen molar-refractivity contribution >= 4 is 17.3 Å². The second-order valence-electron chi connectivity index (χ2n) is 6.00. The van der Waals surface area contributed by atoms with Crippen LogP contribution >= 0.6 is 0 Å². The molecule has 9 heteroatoms. The fraction of sp³-hybridized carbons (Fsp3) is 0.105. The average molecular weight is 379 g/mol. The first-order chi connectivity index (χ1) is 13.4. The number of nitro benzene ring substituents is 1. The summed E-state index contributed by atoms with van der Waals surface area (Å²) in [5, 5.41) is 18.0. The number of aromatic nitrogens is 2. The van der Waals surface area contributed by atoms with Crippen LogP contribution in [0.3, 0.4) is 0 Å². The van der Waals surface area contributed by atoms with E-state index in [4.69, 9.17) is 0 Å². The van der Waals surface area contributed by atoms with Gasteiger partial charge in [0.05, 0.1) is 21.9 Å². The quantitative estimate of drug-likeness (QED) is 0.402. The molecule has 1 aromatic heterocycles. The Kier molecular flexibility index (Phi) is 5.16. The van der Waals surface area contributed by atoms with Crippen LogP contribution in [-0.4, -0.2) is 26.3 Å². The molecule has 0 unspecified atom stereocenters. The van der Waals surface area contributed by atoms with Gasteiger partial charge in [-0.2, -0.15) is 5.10 Å². The van der Waals surface area contributed by atoms with Gasteiger partial charge < -0.3 is 0 Å². The summed E-state index contributed by atoms with van der Waals surface area (Å²) in [4.78, 5) is 35.4. The van der Waals surface area contributed by atoms with E-state index in [0.29, 0.717) is 16.9 Å². The number of hydrogen-bond acceptors (Lipinski definition) is 5. The maximum Gasteiger partial charge on any atom is 0.282 e. The van der Waals surface area contributed by atoms with Crippen molar-refractivity contribution in [3.8, 4) is 5.69 Å². The fourth-order valence-electron chi connectivity index (χ4n) is 2.81. The molecule has 0 saturated carbocycles. The highest BCUT2D eigenvalue weighted by atomic mass is 16.6.